The lowest BCUT2D eigenvalue weighted by molar-refractivity contribution is 0.229. The van der Waals surface area contributed by atoms with Gasteiger partial charge in [0.05, 0.1) is 7.11 Å². The van der Waals surface area contributed by atoms with Gasteiger partial charge in [-0.05, 0) is 75.6 Å². The molecule has 0 bridgehead atoms. The number of benzene rings is 3. The summed E-state index contributed by atoms with van der Waals surface area (Å²) < 4.78 is 5.40. The normalized spacial score (nSPS) is 17.8. The zero-order valence-corrected chi connectivity index (χ0v) is 18.0. The molecular weight excluding hydrogens is 356 g/mol. The van der Waals surface area contributed by atoms with Gasteiger partial charge in [-0.15, -0.1) is 0 Å². The molecule has 0 radical (unpaired) electrons. The smallest absolute Gasteiger partial charge is 0.124 e. The highest BCUT2D eigenvalue weighted by atomic mass is 16.5. The van der Waals surface area contributed by atoms with Gasteiger partial charge < -0.3 is 9.84 Å². The summed E-state index contributed by atoms with van der Waals surface area (Å²) in [6.45, 7) is 9.30. The molecule has 0 aromatic heterocycles. The summed E-state index contributed by atoms with van der Waals surface area (Å²) in [6.07, 6.45) is 4.56. The van der Waals surface area contributed by atoms with Crippen molar-refractivity contribution in [3.63, 3.8) is 0 Å². The van der Waals surface area contributed by atoms with Crippen molar-refractivity contribution in [1.82, 2.24) is 0 Å². The van der Waals surface area contributed by atoms with E-state index in [1.807, 2.05) is 24.3 Å². The van der Waals surface area contributed by atoms with Gasteiger partial charge in [0.15, 0.2) is 0 Å². The Kier molecular flexibility index (Phi) is 4.69. The van der Waals surface area contributed by atoms with Crippen LogP contribution in [0.2, 0.25) is 0 Å². The van der Waals surface area contributed by atoms with Crippen molar-refractivity contribution in [3.8, 4) is 22.6 Å². The summed E-state index contributed by atoms with van der Waals surface area (Å²) in [4.78, 5) is 0. The molecule has 0 amide bonds. The molecule has 0 saturated carbocycles. The molecule has 4 rings (SSSR count). The van der Waals surface area contributed by atoms with Crippen LogP contribution in [0.1, 0.15) is 46.1 Å². The van der Waals surface area contributed by atoms with Crippen LogP contribution in [-0.4, -0.2) is 12.2 Å². The molecule has 1 N–H and O–H groups in total. The van der Waals surface area contributed by atoms with E-state index in [0.717, 1.165) is 34.9 Å². The molecule has 0 spiro atoms. The average molecular weight is 387 g/mol. The topological polar surface area (TPSA) is 29.5 Å². The third-order valence-corrected chi connectivity index (χ3v) is 5.90. The van der Waals surface area contributed by atoms with Crippen molar-refractivity contribution >= 4 is 16.3 Å². The fourth-order valence-electron chi connectivity index (χ4n) is 5.24. The lowest BCUT2D eigenvalue weighted by Gasteiger charge is -2.40. The van der Waals surface area contributed by atoms with Crippen molar-refractivity contribution < 1.29 is 9.84 Å². The molecule has 1 aliphatic carbocycles. The number of aromatic hydroxyl groups is 1. The van der Waals surface area contributed by atoms with Crippen molar-refractivity contribution in [2.45, 2.75) is 40.5 Å². The van der Waals surface area contributed by atoms with E-state index in [-0.39, 0.29) is 10.8 Å². The average Bonchev–Trinajstić information content (AvgIpc) is 2.66. The van der Waals surface area contributed by atoms with Gasteiger partial charge in [0.25, 0.3) is 0 Å². The molecule has 3 aromatic rings. The van der Waals surface area contributed by atoms with Crippen LogP contribution in [0.3, 0.4) is 0 Å². The summed E-state index contributed by atoms with van der Waals surface area (Å²) in [5, 5.41) is 12.8. The van der Waals surface area contributed by atoms with Gasteiger partial charge in [-0.2, -0.15) is 0 Å². The molecule has 0 unspecified atom stereocenters. The van der Waals surface area contributed by atoms with Gasteiger partial charge in [0, 0.05) is 5.39 Å². The Morgan fingerprint density at radius 1 is 0.897 bits per heavy atom. The monoisotopic (exact) mass is 386 g/mol. The number of ether oxygens (including phenoxy) is 1. The van der Waals surface area contributed by atoms with Crippen LogP contribution >= 0.6 is 0 Å². The molecule has 150 valence electrons. The number of rotatable bonds is 3. The zero-order chi connectivity index (χ0) is 20.8. The van der Waals surface area contributed by atoms with E-state index >= 15 is 0 Å². The van der Waals surface area contributed by atoms with E-state index in [0.29, 0.717) is 5.75 Å². The van der Waals surface area contributed by atoms with Crippen LogP contribution in [0.5, 0.6) is 11.5 Å². The van der Waals surface area contributed by atoms with Gasteiger partial charge in [-0.3, -0.25) is 0 Å². The summed E-state index contributed by atoms with van der Waals surface area (Å²) in [7, 11) is 1.65. The molecule has 29 heavy (non-hydrogen) atoms. The van der Waals surface area contributed by atoms with E-state index in [4.69, 9.17) is 4.74 Å². The van der Waals surface area contributed by atoms with Gasteiger partial charge in [0.2, 0.25) is 0 Å². The predicted molar refractivity (Wildman–Crippen MR) is 122 cm³/mol. The quantitative estimate of drug-likeness (QED) is 0.506. The van der Waals surface area contributed by atoms with Crippen LogP contribution in [0, 0.1) is 10.8 Å². The SMILES string of the molecule is COc1ccc2c(-c3ccccc3)c(C3=CC(C)(C)CC(C)(C)C3)cc(O)c2c1. The van der Waals surface area contributed by atoms with Crippen molar-refractivity contribution in [1.29, 1.82) is 0 Å². The molecule has 0 aliphatic heterocycles. The van der Waals surface area contributed by atoms with Gasteiger partial charge in [-0.1, -0.05) is 64.1 Å². The minimum absolute atomic E-state index is 0.121. The highest BCUT2D eigenvalue weighted by Crippen LogP contribution is 2.50. The van der Waals surface area contributed by atoms with Crippen LogP contribution in [0.4, 0.5) is 0 Å². The zero-order valence-electron chi connectivity index (χ0n) is 18.0. The first-order chi connectivity index (χ1) is 13.7. The van der Waals surface area contributed by atoms with E-state index in [9.17, 15) is 5.11 Å². The Morgan fingerprint density at radius 2 is 1.62 bits per heavy atom. The number of hydrogen-bond acceptors (Lipinski definition) is 2. The number of phenols is 1. The summed E-state index contributed by atoms with van der Waals surface area (Å²) in [5.41, 5.74) is 5.13. The summed E-state index contributed by atoms with van der Waals surface area (Å²) in [6, 6.07) is 18.4. The second-order valence-electron chi connectivity index (χ2n) is 9.77. The predicted octanol–water partition coefficient (Wildman–Crippen LogP) is 7.45. The van der Waals surface area contributed by atoms with Crippen LogP contribution < -0.4 is 4.74 Å². The second kappa shape index (κ2) is 6.95. The maximum Gasteiger partial charge on any atom is 0.124 e. The Labute approximate surface area is 173 Å². The molecule has 3 aromatic carbocycles. The maximum absolute atomic E-state index is 11.0. The first-order valence-electron chi connectivity index (χ1n) is 10.3. The lowest BCUT2D eigenvalue weighted by atomic mass is 9.65. The number of fused-ring (bicyclic) bond motifs is 1. The molecule has 0 fully saturated rings. The molecule has 2 nitrogen and oxygen atoms in total. The first-order valence-corrected chi connectivity index (χ1v) is 10.3. The maximum atomic E-state index is 11.0. The Hall–Kier alpha value is -2.74. The largest absolute Gasteiger partial charge is 0.507 e. The van der Waals surface area contributed by atoms with Crippen LogP contribution in [0.15, 0.2) is 60.7 Å². The molecule has 1 aliphatic rings. The van der Waals surface area contributed by atoms with E-state index in [2.05, 4.69) is 64.1 Å². The highest BCUT2D eigenvalue weighted by molar-refractivity contribution is 6.05. The fraction of sp³-hybridized carbons (Fsp3) is 0.333. The van der Waals surface area contributed by atoms with Gasteiger partial charge >= 0.3 is 0 Å². The number of hydrogen-bond donors (Lipinski definition) is 1. The minimum atomic E-state index is 0.121. The second-order valence-corrected chi connectivity index (χ2v) is 9.77. The Balaban J connectivity index is 2.05. The highest BCUT2D eigenvalue weighted by Gasteiger charge is 2.34. The fourth-order valence-corrected chi connectivity index (χ4v) is 5.24. The number of phenolic OH excluding ortho intramolecular Hbond substituents is 1. The lowest BCUT2D eigenvalue weighted by Crippen LogP contribution is -2.26. The van der Waals surface area contributed by atoms with Crippen molar-refractivity contribution in [2.75, 3.05) is 7.11 Å². The van der Waals surface area contributed by atoms with Crippen molar-refractivity contribution in [2.24, 2.45) is 10.8 Å². The third-order valence-electron chi connectivity index (χ3n) is 5.90. The first kappa shape index (κ1) is 19.6. The minimum Gasteiger partial charge on any atom is -0.507 e. The van der Waals surface area contributed by atoms with Crippen LogP contribution in [-0.2, 0) is 0 Å². The van der Waals surface area contributed by atoms with Gasteiger partial charge in [0.1, 0.15) is 11.5 Å². The van der Waals surface area contributed by atoms with E-state index in [1.54, 1.807) is 7.11 Å². The molecule has 0 heterocycles. The van der Waals surface area contributed by atoms with Gasteiger partial charge in [-0.25, -0.2) is 0 Å². The summed E-state index contributed by atoms with van der Waals surface area (Å²) >= 11 is 0. The van der Waals surface area contributed by atoms with Crippen LogP contribution in [0.25, 0.3) is 27.5 Å². The molecule has 2 heteroatoms. The van der Waals surface area contributed by atoms with E-state index < -0.39 is 0 Å². The molecule has 0 atom stereocenters. The Bertz CT molecular complexity index is 1090. The molecule has 0 saturated heterocycles. The molecular formula is C27H30O2. The standard InChI is InChI=1S/C27H30O2/c1-26(2)15-19(16-27(3,4)17-26)22-14-24(28)23-13-20(29-5)11-12-21(23)25(22)18-9-7-6-8-10-18/h6-15,28H,16-17H2,1-5H3. The summed E-state index contributed by atoms with van der Waals surface area (Å²) in [5.74, 6) is 1.05. The third kappa shape index (κ3) is 3.76. The number of methoxy groups -OCH3 is 1. The van der Waals surface area contributed by atoms with E-state index in [1.165, 1.54) is 16.7 Å². The number of allylic oxidation sites excluding steroid dienone is 2. The Morgan fingerprint density at radius 3 is 2.28 bits per heavy atom. The van der Waals surface area contributed by atoms with Crippen molar-refractivity contribution in [3.05, 3.63) is 66.2 Å².